The summed E-state index contributed by atoms with van der Waals surface area (Å²) >= 11 is 0. The normalized spacial score (nSPS) is 12.7. The summed E-state index contributed by atoms with van der Waals surface area (Å²) in [4.78, 5) is 4.21. The topological polar surface area (TPSA) is 68.8 Å². The highest BCUT2D eigenvalue weighted by atomic mass is 15.3. The molecule has 2 rings (SSSR count). The first kappa shape index (κ1) is 12.7. The second-order valence-corrected chi connectivity index (χ2v) is 4.43. The average molecular weight is 245 g/mol. The highest BCUT2D eigenvalue weighted by Crippen LogP contribution is 2.21. The van der Waals surface area contributed by atoms with E-state index >= 15 is 0 Å². The number of nitrogens with one attached hydrogen (secondary N) is 1. The molecule has 0 amide bonds. The highest BCUT2D eigenvalue weighted by molar-refractivity contribution is 5.29. The lowest BCUT2D eigenvalue weighted by Gasteiger charge is -2.16. The summed E-state index contributed by atoms with van der Waals surface area (Å²) in [7, 11) is 1.93. The molecular weight excluding hydrogens is 226 g/mol. The number of rotatable bonds is 4. The van der Waals surface area contributed by atoms with E-state index < -0.39 is 0 Å². The van der Waals surface area contributed by atoms with Crippen LogP contribution in [0.4, 0.5) is 0 Å². The van der Waals surface area contributed by atoms with Gasteiger partial charge in [0, 0.05) is 19.4 Å². The largest absolute Gasteiger partial charge is 0.271 e. The zero-order valence-corrected chi connectivity index (χ0v) is 11.0. The van der Waals surface area contributed by atoms with Gasteiger partial charge in [-0.05, 0) is 30.5 Å². The number of aryl methyl sites for hydroxylation is 3. The molecule has 0 saturated heterocycles. The molecule has 0 aliphatic rings. The third kappa shape index (κ3) is 2.42. The summed E-state index contributed by atoms with van der Waals surface area (Å²) in [6.07, 6.45) is 4.57. The molecule has 0 spiro atoms. The Morgan fingerprint density at radius 3 is 2.72 bits per heavy atom. The number of hydrogen-bond donors (Lipinski definition) is 2. The van der Waals surface area contributed by atoms with Gasteiger partial charge in [0.2, 0.25) is 0 Å². The Hall–Kier alpha value is -1.72. The minimum Gasteiger partial charge on any atom is -0.271 e. The Morgan fingerprint density at radius 1 is 1.39 bits per heavy atom. The number of hydrazine groups is 1. The first-order valence-electron chi connectivity index (χ1n) is 6.06. The molecule has 0 bridgehead atoms. The third-order valence-electron chi connectivity index (χ3n) is 3.02. The zero-order chi connectivity index (χ0) is 13.1. The van der Waals surface area contributed by atoms with Crippen LogP contribution in [0.5, 0.6) is 0 Å². The smallest absolute Gasteiger partial charge is 0.0893 e. The van der Waals surface area contributed by atoms with Gasteiger partial charge in [-0.3, -0.25) is 15.5 Å². The fraction of sp³-hybridized carbons (Fsp3) is 0.385. The van der Waals surface area contributed by atoms with Gasteiger partial charge in [-0.25, -0.2) is 5.43 Å². The van der Waals surface area contributed by atoms with Gasteiger partial charge in [0.1, 0.15) is 0 Å². The van der Waals surface area contributed by atoms with Crippen LogP contribution in [0.25, 0.3) is 0 Å². The number of nitrogens with two attached hydrogens (primary N) is 1. The van der Waals surface area contributed by atoms with Crippen molar-refractivity contribution in [2.45, 2.75) is 26.3 Å². The fourth-order valence-electron chi connectivity index (χ4n) is 2.07. The Bertz CT molecular complexity index is 532. The van der Waals surface area contributed by atoms with Gasteiger partial charge in [0.25, 0.3) is 0 Å². The maximum absolute atomic E-state index is 5.69. The maximum Gasteiger partial charge on any atom is 0.0893 e. The minimum absolute atomic E-state index is 0.0878. The summed E-state index contributed by atoms with van der Waals surface area (Å²) in [6, 6.07) is 4.07. The van der Waals surface area contributed by atoms with Gasteiger partial charge in [-0.1, -0.05) is 13.0 Å². The van der Waals surface area contributed by atoms with Gasteiger partial charge >= 0.3 is 0 Å². The molecule has 18 heavy (non-hydrogen) atoms. The average Bonchev–Trinajstić information content (AvgIpc) is 2.72. The van der Waals surface area contributed by atoms with Crippen molar-refractivity contribution in [3.8, 4) is 0 Å². The molecule has 1 atom stereocenters. The molecule has 1 unspecified atom stereocenters. The lowest BCUT2D eigenvalue weighted by molar-refractivity contribution is 0.572. The first-order valence-corrected chi connectivity index (χ1v) is 6.06. The predicted octanol–water partition coefficient (Wildman–Crippen LogP) is 1.24. The third-order valence-corrected chi connectivity index (χ3v) is 3.02. The monoisotopic (exact) mass is 245 g/mol. The van der Waals surface area contributed by atoms with Crippen LogP contribution in [0.1, 0.15) is 35.5 Å². The SMILES string of the molecule is CCc1cc(C(NN)c2cncc(C)c2)n(C)n1. The molecule has 0 aliphatic heterocycles. The van der Waals surface area contributed by atoms with Crippen LogP contribution in [-0.2, 0) is 13.5 Å². The van der Waals surface area contributed by atoms with Gasteiger partial charge in [-0.15, -0.1) is 0 Å². The summed E-state index contributed by atoms with van der Waals surface area (Å²) in [5.74, 6) is 5.69. The number of pyridine rings is 1. The fourth-order valence-corrected chi connectivity index (χ4v) is 2.07. The first-order chi connectivity index (χ1) is 8.65. The molecule has 2 aromatic heterocycles. The molecular formula is C13H19N5. The van der Waals surface area contributed by atoms with Crippen LogP contribution in [0.15, 0.2) is 24.5 Å². The van der Waals surface area contributed by atoms with Gasteiger partial charge in [-0.2, -0.15) is 5.10 Å². The minimum atomic E-state index is -0.0878. The van der Waals surface area contributed by atoms with Crippen molar-refractivity contribution in [3.63, 3.8) is 0 Å². The van der Waals surface area contributed by atoms with E-state index in [1.54, 1.807) is 0 Å². The van der Waals surface area contributed by atoms with Crippen LogP contribution in [0.2, 0.25) is 0 Å². The van der Waals surface area contributed by atoms with Crippen molar-refractivity contribution >= 4 is 0 Å². The van der Waals surface area contributed by atoms with Crippen molar-refractivity contribution in [2.24, 2.45) is 12.9 Å². The molecule has 3 N–H and O–H groups in total. The molecule has 0 saturated carbocycles. The van der Waals surface area contributed by atoms with Crippen LogP contribution in [0, 0.1) is 6.92 Å². The molecule has 96 valence electrons. The number of hydrogen-bond acceptors (Lipinski definition) is 4. The van der Waals surface area contributed by atoms with Crippen LogP contribution in [0.3, 0.4) is 0 Å². The molecule has 0 fully saturated rings. The molecule has 0 radical (unpaired) electrons. The van der Waals surface area contributed by atoms with Crippen molar-refractivity contribution in [1.29, 1.82) is 0 Å². The van der Waals surface area contributed by atoms with Crippen molar-refractivity contribution in [1.82, 2.24) is 20.2 Å². The van der Waals surface area contributed by atoms with Crippen LogP contribution in [-0.4, -0.2) is 14.8 Å². The van der Waals surface area contributed by atoms with Gasteiger partial charge in [0.05, 0.1) is 17.4 Å². The summed E-state index contributed by atoms with van der Waals surface area (Å²) in [5, 5.41) is 4.45. The lowest BCUT2D eigenvalue weighted by atomic mass is 10.0. The Balaban J connectivity index is 2.41. The van der Waals surface area contributed by atoms with Crippen molar-refractivity contribution in [2.75, 3.05) is 0 Å². The second kappa shape index (κ2) is 5.29. The van der Waals surface area contributed by atoms with E-state index in [2.05, 4.69) is 34.6 Å². The summed E-state index contributed by atoms with van der Waals surface area (Å²) in [5.41, 5.74) is 7.11. The van der Waals surface area contributed by atoms with E-state index in [1.165, 1.54) is 0 Å². The van der Waals surface area contributed by atoms with E-state index in [4.69, 9.17) is 5.84 Å². The van der Waals surface area contributed by atoms with E-state index in [0.29, 0.717) is 0 Å². The summed E-state index contributed by atoms with van der Waals surface area (Å²) < 4.78 is 1.87. The Kier molecular flexibility index (Phi) is 3.74. The molecule has 0 aliphatic carbocycles. The zero-order valence-electron chi connectivity index (χ0n) is 11.0. The standard InChI is InChI=1S/C13H19N5/c1-4-11-6-12(18(3)17-11)13(16-14)10-5-9(2)7-15-8-10/h5-8,13,16H,4,14H2,1-3H3. The number of aromatic nitrogens is 3. The van der Waals surface area contributed by atoms with Gasteiger partial charge < -0.3 is 0 Å². The van der Waals surface area contributed by atoms with Crippen LogP contribution < -0.4 is 11.3 Å². The van der Waals surface area contributed by atoms with Crippen molar-refractivity contribution in [3.05, 3.63) is 47.0 Å². The maximum atomic E-state index is 5.69. The lowest BCUT2D eigenvalue weighted by Crippen LogP contribution is -2.30. The number of nitrogens with zero attached hydrogens (tertiary/aromatic N) is 3. The van der Waals surface area contributed by atoms with E-state index in [0.717, 1.165) is 28.9 Å². The highest BCUT2D eigenvalue weighted by Gasteiger charge is 2.17. The Labute approximate surface area is 107 Å². The molecule has 2 heterocycles. The quantitative estimate of drug-likeness (QED) is 0.628. The van der Waals surface area contributed by atoms with E-state index in [9.17, 15) is 0 Å². The van der Waals surface area contributed by atoms with Gasteiger partial charge in [0.15, 0.2) is 0 Å². The van der Waals surface area contributed by atoms with E-state index in [1.807, 2.05) is 31.0 Å². The van der Waals surface area contributed by atoms with Crippen LogP contribution >= 0.6 is 0 Å². The Morgan fingerprint density at radius 2 is 2.17 bits per heavy atom. The molecule has 2 aromatic rings. The molecule has 0 aromatic carbocycles. The van der Waals surface area contributed by atoms with E-state index in [-0.39, 0.29) is 6.04 Å². The molecule has 5 nitrogen and oxygen atoms in total. The second-order valence-electron chi connectivity index (χ2n) is 4.43. The van der Waals surface area contributed by atoms with Crippen molar-refractivity contribution < 1.29 is 0 Å². The predicted molar refractivity (Wildman–Crippen MR) is 70.7 cm³/mol. The summed E-state index contributed by atoms with van der Waals surface area (Å²) in [6.45, 7) is 4.11. The molecule has 5 heteroatoms.